The zero-order chi connectivity index (χ0) is 15.5. The number of para-hydroxylation sites is 1. The van der Waals surface area contributed by atoms with Crippen molar-refractivity contribution in [2.24, 2.45) is 0 Å². The number of aliphatic hydroxyl groups excluding tert-OH is 1. The van der Waals surface area contributed by atoms with Crippen LogP contribution in [0.5, 0.6) is 5.75 Å². The number of rotatable bonds is 4. The maximum absolute atomic E-state index is 12.2. The first-order valence-corrected chi connectivity index (χ1v) is 7.81. The number of aliphatic hydroxyl groups is 1. The highest BCUT2D eigenvalue weighted by Gasteiger charge is 2.26. The summed E-state index contributed by atoms with van der Waals surface area (Å²) in [7, 11) is 0. The summed E-state index contributed by atoms with van der Waals surface area (Å²) < 4.78 is 11.2. The van der Waals surface area contributed by atoms with E-state index in [0.29, 0.717) is 18.1 Å². The molecular weight excluding hydrogens is 282 g/mol. The van der Waals surface area contributed by atoms with Crippen LogP contribution in [0, 0.1) is 0 Å². The molecule has 1 aliphatic rings. The highest BCUT2D eigenvalue weighted by molar-refractivity contribution is 6.00. The fourth-order valence-electron chi connectivity index (χ4n) is 2.92. The topological polar surface area (TPSA) is 71.6 Å². The van der Waals surface area contributed by atoms with Crippen LogP contribution in [0.15, 0.2) is 24.3 Å². The molecule has 3 rings (SSSR count). The van der Waals surface area contributed by atoms with Crippen molar-refractivity contribution < 1.29 is 19.4 Å². The van der Waals surface area contributed by atoms with Crippen molar-refractivity contribution in [3.63, 3.8) is 0 Å². The molecule has 5 nitrogen and oxygen atoms in total. The Bertz CT molecular complexity index is 656. The van der Waals surface area contributed by atoms with E-state index in [0.717, 1.165) is 36.6 Å². The van der Waals surface area contributed by atoms with Crippen molar-refractivity contribution in [2.45, 2.75) is 44.8 Å². The quantitative estimate of drug-likeness (QED) is 0.852. The van der Waals surface area contributed by atoms with Gasteiger partial charge in [0, 0.05) is 10.9 Å². The minimum atomic E-state index is -0.399. The van der Waals surface area contributed by atoms with Crippen LogP contribution in [0.4, 0.5) is 0 Å². The Morgan fingerprint density at radius 1 is 1.27 bits per heavy atom. The summed E-state index contributed by atoms with van der Waals surface area (Å²) in [6.07, 6.45) is 2.86. The van der Waals surface area contributed by atoms with Gasteiger partial charge in [0.1, 0.15) is 0 Å². The number of nitrogens with one attached hydrogen (secondary N) is 1. The highest BCUT2D eigenvalue weighted by atomic mass is 16.5. The molecule has 2 aromatic rings. The Labute approximate surface area is 129 Å². The molecule has 0 aliphatic heterocycles. The van der Waals surface area contributed by atoms with Crippen molar-refractivity contribution in [1.29, 1.82) is 0 Å². The molecule has 2 N–H and O–H groups in total. The second kappa shape index (κ2) is 6.40. The first-order chi connectivity index (χ1) is 10.7. The third-order valence-electron chi connectivity index (χ3n) is 4.07. The summed E-state index contributed by atoms with van der Waals surface area (Å²) in [6, 6.07) is 7.67. The van der Waals surface area contributed by atoms with Crippen molar-refractivity contribution in [3.05, 3.63) is 30.0 Å². The molecule has 1 fully saturated rings. The van der Waals surface area contributed by atoms with Crippen molar-refractivity contribution in [2.75, 3.05) is 6.61 Å². The van der Waals surface area contributed by atoms with E-state index >= 15 is 0 Å². The van der Waals surface area contributed by atoms with Crippen LogP contribution in [0.1, 0.15) is 43.1 Å². The van der Waals surface area contributed by atoms with E-state index in [-0.39, 0.29) is 12.2 Å². The average molecular weight is 303 g/mol. The van der Waals surface area contributed by atoms with Crippen molar-refractivity contribution in [3.8, 4) is 5.75 Å². The second-order valence-corrected chi connectivity index (χ2v) is 5.64. The molecule has 1 heterocycles. The Balaban J connectivity index is 1.91. The monoisotopic (exact) mass is 303 g/mol. The molecule has 0 unspecified atom stereocenters. The Kier molecular flexibility index (Phi) is 4.34. The number of carbonyl (C=O) groups excluding carboxylic acids is 1. The number of fused-ring (bicyclic) bond motifs is 1. The summed E-state index contributed by atoms with van der Waals surface area (Å²) in [4.78, 5) is 15.3. The fraction of sp³-hybridized carbons (Fsp3) is 0.471. The van der Waals surface area contributed by atoms with Gasteiger partial charge in [-0.05, 0) is 44.7 Å². The van der Waals surface area contributed by atoms with Gasteiger partial charge >= 0.3 is 5.97 Å². The van der Waals surface area contributed by atoms with Gasteiger partial charge in [-0.3, -0.25) is 0 Å². The zero-order valence-electron chi connectivity index (χ0n) is 12.7. The third-order valence-corrected chi connectivity index (χ3v) is 4.07. The molecule has 5 heteroatoms. The van der Waals surface area contributed by atoms with Gasteiger partial charge in [0.15, 0.2) is 11.4 Å². The number of esters is 1. The molecule has 0 saturated heterocycles. The molecule has 0 atom stereocenters. The molecule has 1 aliphatic carbocycles. The van der Waals surface area contributed by atoms with Gasteiger partial charge in [-0.1, -0.05) is 12.1 Å². The number of aromatic amines is 1. The number of H-pyrrole nitrogens is 1. The molecule has 0 spiro atoms. The average Bonchev–Trinajstić information content (AvgIpc) is 2.89. The first kappa shape index (κ1) is 14.9. The molecular formula is C17H21NO4. The standard InChI is InChI=1S/C17H21NO4/c1-2-21-17(20)15-16(13-5-3-4-6-14(13)18-15)22-12-9-7-11(19)8-10-12/h3-6,11-12,18-19H,2,7-10H2,1H3. The van der Waals surface area contributed by atoms with Gasteiger partial charge < -0.3 is 19.6 Å². The number of benzene rings is 1. The SMILES string of the molecule is CCOC(=O)c1[nH]c2ccccc2c1OC1CCC(O)CC1. The molecule has 22 heavy (non-hydrogen) atoms. The normalized spacial score (nSPS) is 21.7. The van der Waals surface area contributed by atoms with Gasteiger partial charge in [-0.15, -0.1) is 0 Å². The van der Waals surface area contributed by atoms with Crippen LogP contribution < -0.4 is 4.74 Å². The van der Waals surface area contributed by atoms with Gasteiger partial charge in [-0.25, -0.2) is 4.79 Å². The van der Waals surface area contributed by atoms with E-state index in [9.17, 15) is 9.90 Å². The maximum atomic E-state index is 12.2. The Morgan fingerprint density at radius 2 is 2.00 bits per heavy atom. The van der Waals surface area contributed by atoms with E-state index < -0.39 is 5.97 Å². The summed E-state index contributed by atoms with van der Waals surface area (Å²) in [5, 5.41) is 10.5. The predicted octanol–water partition coefficient (Wildman–Crippen LogP) is 3.03. The van der Waals surface area contributed by atoms with Gasteiger partial charge in [0.05, 0.1) is 18.8 Å². The highest BCUT2D eigenvalue weighted by Crippen LogP contribution is 2.33. The lowest BCUT2D eigenvalue weighted by molar-refractivity contribution is 0.0492. The molecule has 1 saturated carbocycles. The largest absolute Gasteiger partial charge is 0.487 e. The fourth-order valence-corrected chi connectivity index (χ4v) is 2.92. The Hall–Kier alpha value is -2.01. The summed E-state index contributed by atoms with van der Waals surface area (Å²) in [5.74, 6) is 0.167. The number of hydrogen-bond donors (Lipinski definition) is 2. The van der Waals surface area contributed by atoms with Crippen molar-refractivity contribution in [1.82, 2.24) is 4.98 Å². The van der Waals surface area contributed by atoms with E-state index in [4.69, 9.17) is 9.47 Å². The molecule has 0 bridgehead atoms. The van der Waals surface area contributed by atoms with E-state index in [1.165, 1.54) is 0 Å². The number of ether oxygens (including phenoxy) is 2. The Morgan fingerprint density at radius 3 is 2.73 bits per heavy atom. The lowest BCUT2D eigenvalue weighted by Gasteiger charge is -2.26. The van der Waals surface area contributed by atoms with Crippen LogP contribution in [0.2, 0.25) is 0 Å². The van der Waals surface area contributed by atoms with Crippen molar-refractivity contribution >= 4 is 16.9 Å². The van der Waals surface area contributed by atoms with Crippen LogP contribution in [0.3, 0.4) is 0 Å². The zero-order valence-corrected chi connectivity index (χ0v) is 12.7. The lowest BCUT2D eigenvalue weighted by Crippen LogP contribution is -2.27. The number of hydrogen-bond acceptors (Lipinski definition) is 4. The van der Waals surface area contributed by atoms with Gasteiger partial charge in [0.2, 0.25) is 0 Å². The molecule has 1 aromatic heterocycles. The van der Waals surface area contributed by atoms with Crippen LogP contribution >= 0.6 is 0 Å². The smallest absolute Gasteiger partial charge is 0.358 e. The second-order valence-electron chi connectivity index (χ2n) is 5.64. The maximum Gasteiger partial charge on any atom is 0.358 e. The minimum Gasteiger partial charge on any atom is -0.487 e. The van der Waals surface area contributed by atoms with E-state index in [1.807, 2.05) is 24.3 Å². The summed E-state index contributed by atoms with van der Waals surface area (Å²) in [5.41, 5.74) is 1.23. The van der Waals surface area contributed by atoms with Crippen LogP contribution in [-0.2, 0) is 4.74 Å². The first-order valence-electron chi connectivity index (χ1n) is 7.81. The minimum absolute atomic E-state index is 0.0239. The van der Waals surface area contributed by atoms with E-state index in [2.05, 4.69) is 4.98 Å². The predicted molar refractivity (Wildman–Crippen MR) is 83.1 cm³/mol. The summed E-state index contributed by atoms with van der Waals surface area (Å²) in [6.45, 7) is 2.10. The molecule has 118 valence electrons. The number of carbonyl (C=O) groups is 1. The third kappa shape index (κ3) is 2.95. The molecule has 0 radical (unpaired) electrons. The molecule has 1 aromatic carbocycles. The molecule has 0 amide bonds. The van der Waals surface area contributed by atoms with Crippen LogP contribution in [-0.4, -0.2) is 34.9 Å². The van der Waals surface area contributed by atoms with Gasteiger partial charge in [-0.2, -0.15) is 0 Å². The lowest BCUT2D eigenvalue weighted by atomic mass is 9.95. The number of aromatic nitrogens is 1. The summed E-state index contributed by atoms with van der Waals surface area (Å²) >= 11 is 0. The van der Waals surface area contributed by atoms with E-state index in [1.54, 1.807) is 6.92 Å². The van der Waals surface area contributed by atoms with Gasteiger partial charge in [0.25, 0.3) is 0 Å². The van der Waals surface area contributed by atoms with Crippen LogP contribution in [0.25, 0.3) is 10.9 Å².